The second-order valence-corrected chi connectivity index (χ2v) is 5.37. The molecule has 0 aromatic heterocycles. The van der Waals surface area contributed by atoms with E-state index in [0.29, 0.717) is 0 Å². The van der Waals surface area contributed by atoms with Crippen LogP contribution in [0.3, 0.4) is 0 Å². The summed E-state index contributed by atoms with van der Waals surface area (Å²) in [6.07, 6.45) is 2.20. The second kappa shape index (κ2) is 3.71. The summed E-state index contributed by atoms with van der Waals surface area (Å²) >= 11 is 6.35. The maximum Gasteiger partial charge on any atom is 0.119 e. The fourth-order valence-electron chi connectivity index (χ4n) is 2.32. The Balaban J connectivity index is 2.52. The molecule has 15 heavy (non-hydrogen) atoms. The van der Waals surface area contributed by atoms with Crippen molar-refractivity contribution < 1.29 is 4.74 Å². The molecule has 1 unspecified atom stereocenters. The summed E-state index contributed by atoms with van der Waals surface area (Å²) < 4.78 is 5.24. The quantitative estimate of drug-likeness (QED) is 0.654. The van der Waals surface area contributed by atoms with E-state index in [9.17, 15) is 0 Å². The van der Waals surface area contributed by atoms with Crippen molar-refractivity contribution in [3.05, 3.63) is 29.3 Å². The average Bonchev–Trinajstić information content (AvgIpc) is 2.23. The first-order chi connectivity index (χ1) is 7.04. The van der Waals surface area contributed by atoms with Crippen LogP contribution in [0.1, 0.15) is 43.2 Å². The molecule has 1 aromatic carbocycles. The Kier molecular flexibility index (Phi) is 2.68. The lowest BCUT2D eigenvalue weighted by Gasteiger charge is -2.35. The predicted octanol–water partition coefficient (Wildman–Crippen LogP) is 4.05. The van der Waals surface area contributed by atoms with Gasteiger partial charge in [-0.3, -0.25) is 0 Å². The summed E-state index contributed by atoms with van der Waals surface area (Å²) in [6, 6.07) is 6.26. The molecule has 1 aliphatic carbocycles. The predicted molar refractivity (Wildman–Crippen MR) is 63.8 cm³/mol. The summed E-state index contributed by atoms with van der Waals surface area (Å²) in [5.41, 5.74) is 2.86. The van der Waals surface area contributed by atoms with E-state index >= 15 is 0 Å². The molecule has 0 amide bonds. The van der Waals surface area contributed by atoms with E-state index in [0.717, 1.165) is 18.6 Å². The van der Waals surface area contributed by atoms with Crippen molar-refractivity contribution in [2.75, 3.05) is 7.11 Å². The number of methoxy groups -OCH3 is 1. The van der Waals surface area contributed by atoms with Gasteiger partial charge in [-0.15, -0.1) is 11.6 Å². The molecule has 0 saturated carbocycles. The van der Waals surface area contributed by atoms with E-state index in [2.05, 4.69) is 26.0 Å². The van der Waals surface area contributed by atoms with Crippen LogP contribution in [0.2, 0.25) is 0 Å². The van der Waals surface area contributed by atoms with Gasteiger partial charge in [-0.05, 0) is 41.5 Å². The van der Waals surface area contributed by atoms with Gasteiger partial charge in [-0.25, -0.2) is 0 Å². The van der Waals surface area contributed by atoms with Crippen LogP contribution in [-0.4, -0.2) is 7.11 Å². The van der Waals surface area contributed by atoms with Gasteiger partial charge < -0.3 is 4.74 Å². The third-order valence-corrected chi connectivity index (χ3v) is 3.80. The molecule has 1 nitrogen and oxygen atoms in total. The number of rotatable bonds is 1. The van der Waals surface area contributed by atoms with Crippen LogP contribution in [0.15, 0.2) is 18.2 Å². The number of ether oxygens (including phenoxy) is 1. The van der Waals surface area contributed by atoms with Gasteiger partial charge in [0, 0.05) is 0 Å². The van der Waals surface area contributed by atoms with E-state index in [-0.39, 0.29) is 10.8 Å². The Morgan fingerprint density at radius 3 is 2.80 bits per heavy atom. The Morgan fingerprint density at radius 1 is 1.40 bits per heavy atom. The summed E-state index contributed by atoms with van der Waals surface area (Å²) in [5.74, 6) is 0.900. The average molecular weight is 225 g/mol. The molecule has 82 valence electrons. The minimum atomic E-state index is 0.142. The Morgan fingerprint density at radius 2 is 2.13 bits per heavy atom. The maximum absolute atomic E-state index is 6.35. The molecule has 0 bridgehead atoms. The number of hydrogen-bond donors (Lipinski definition) is 0. The van der Waals surface area contributed by atoms with Crippen molar-refractivity contribution in [3.8, 4) is 5.75 Å². The van der Waals surface area contributed by atoms with Gasteiger partial charge in [0.05, 0.1) is 12.5 Å². The van der Waals surface area contributed by atoms with E-state index < -0.39 is 0 Å². The molecule has 0 heterocycles. The first-order valence-electron chi connectivity index (χ1n) is 5.37. The molecule has 1 aliphatic rings. The molecule has 0 radical (unpaired) electrons. The molecule has 1 atom stereocenters. The van der Waals surface area contributed by atoms with Crippen molar-refractivity contribution in [2.45, 2.75) is 37.5 Å². The van der Waals surface area contributed by atoms with Crippen LogP contribution >= 0.6 is 11.6 Å². The highest BCUT2D eigenvalue weighted by Crippen LogP contribution is 2.45. The van der Waals surface area contributed by atoms with E-state index in [4.69, 9.17) is 16.3 Å². The minimum absolute atomic E-state index is 0.142. The second-order valence-electron chi connectivity index (χ2n) is 4.84. The molecule has 0 aliphatic heterocycles. The van der Waals surface area contributed by atoms with Gasteiger partial charge in [0.2, 0.25) is 0 Å². The van der Waals surface area contributed by atoms with E-state index in [1.807, 2.05) is 6.07 Å². The van der Waals surface area contributed by atoms with Gasteiger partial charge in [-0.2, -0.15) is 0 Å². The fourth-order valence-corrected chi connectivity index (χ4v) is 2.61. The highest BCUT2D eigenvalue weighted by Gasteiger charge is 2.31. The zero-order valence-electron chi connectivity index (χ0n) is 9.51. The minimum Gasteiger partial charge on any atom is -0.497 e. The molecule has 2 rings (SSSR count). The van der Waals surface area contributed by atoms with Crippen LogP contribution in [-0.2, 0) is 5.41 Å². The number of alkyl halides is 1. The highest BCUT2D eigenvalue weighted by molar-refractivity contribution is 6.21. The summed E-state index contributed by atoms with van der Waals surface area (Å²) in [6.45, 7) is 4.56. The highest BCUT2D eigenvalue weighted by atomic mass is 35.5. The monoisotopic (exact) mass is 224 g/mol. The van der Waals surface area contributed by atoms with Crippen molar-refractivity contribution >= 4 is 11.6 Å². The lowest BCUT2D eigenvalue weighted by atomic mass is 9.72. The van der Waals surface area contributed by atoms with Crippen molar-refractivity contribution in [2.24, 2.45) is 0 Å². The SMILES string of the molecule is COc1ccc2c(c1)C(Cl)CCC2(C)C. The Hall–Kier alpha value is -0.690. The van der Waals surface area contributed by atoms with Crippen LogP contribution in [0.25, 0.3) is 0 Å². The number of halogens is 1. The van der Waals surface area contributed by atoms with Gasteiger partial charge in [0.25, 0.3) is 0 Å². The van der Waals surface area contributed by atoms with Crippen LogP contribution in [0.5, 0.6) is 5.75 Å². The molecule has 0 N–H and O–H groups in total. The van der Waals surface area contributed by atoms with Crippen molar-refractivity contribution in [1.29, 1.82) is 0 Å². The molecule has 0 saturated heterocycles. The van der Waals surface area contributed by atoms with E-state index in [1.165, 1.54) is 11.1 Å². The molecule has 2 heteroatoms. The number of hydrogen-bond acceptors (Lipinski definition) is 1. The van der Waals surface area contributed by atoms with Gasteiger partial charge in [0.15, 0.2) is 0 Å². The molecule has 1 aromatic rings. The molecular formula is C13H17ClO. The topological polar surface area (TPSA) is 9.23 Å². The zero-order chi connectivity index (χ0) is 11.1. The van der Waals surface area contributed by atoms with Crippen LogP contribution < -0.4 is 4.74 Å². The zero-order valence-corrected chi connectivity index (χ0v) is 10.3. The summed E-state index contributed by atoms with van der Waals surface area (Å²) in [4.78, 5) is 0. The summed E-state index contributed by atoms with van der Waals surface area (Å²) in [5, 5.41) is 0.142. The van der Waals surface area contributed by atoms with Gasteiger partial charge >= 0.3 is 0 Å². The molecular weight excluding hydrogens is 208 g/mol. The van der Waals surface area contributed by atoms with Crippen LogP contribution in [0.4, 0.5) is 0 Å². The van der Waals surface area contributed by atoms with Gasteiger partial charge in [0.1, 0.15) is 5.75 Å². The van der Waals surface area contributed by atoms with Crippen molar-refractivity contribution in [3.63, 3.8) is 0 Å². The normalized spacial score (nSPS) is 23.3. The smallest absolute Gasteiger partial charge is 0.119 e. The lowest BCUT2D eigenvalue weighted by Crippen LogP contribution is -2.24. The first-order valence-corrected chi connectivity index (χ1v) is 5.81. The third kappa shape index (κ3) is 1.85. The van der Waals surface area contributed by atoms with Crippen molar-refractivity contribution in [1.82, 2.24) is 0 Å². The lowest BCUT2D eigenvalue weighted by molar-refractivity contribution is 0.404. The molecule has 0 fully saturated rings. The maximum atomic E-state index is 6.35. The Labute approximate surface area is 96.4 Å². The Bertz CT molecular complexity index is 371. The number of fused-ring (bicyclic) bond motifs is 1. The van der Waals surface area contributed by atoms with Crippen LogP contribution in [0, 0.1) is 0 Å². The number of benzene rings is 1. The summed E-state index contributed by atoms with van der Waals surface area (Å²) in [7, 11) is 1.69. The standard InChI is InChI=1S/C13H17ClO/c1-13(2)7-6-12(14)10-8-9(15-3)4-5-11(10)13/h4-5,8,12H,6-7H2,1-3H3. The third-order valence-electron chi connectivity index (χ3n) is 3.35. The molecule has 0 spiro atoms. The van der Waals surface area contributed by atoms with E-state index in [1.54, 1.807) is 7.11 Å². The largest absolute Gasteiger partial charge is 0.497 e. The first kappa shape index (κ1) is 10.8. The fraction of sp³-hybridized carbons (Fsp3) is 0.538. The van der Waals surface area contributed by atoms with Gasteiger partial charge in [-0.1, -0.05) is 19.9 Å².